The number of anilines is 2. The van der Waals surface area contributed by atoms with E-state index in [0.717, 1.165) is 38.5 Å². The molecule has 240 valence electrons. The van der Waals surface area contributed by atoms with E-state index in [2.05, 4.69) is 169 Å². The lowest BCUT2D eigenvalue weighted by Crippen LogP contribution is -2.36. The van der Waals surface area contributed by atoms with Gasteiger partial charge >= 0.3 is 0 Å². The Balaban J connectivity index is 1.07. The molecule has 4 atom stereocenters. The van der Waals surface area contributed by atoms with Crippen LogP contribution in [-0.4, -0.2) is 17.0 Å². The maximum atomic E-state index is 2.63. The van der Waals surface area contributed by atoms with E-state index in [1.54, 1.807) is 0 Å². The molecule has 0 saturated heterocycles. The van der Waals surface area contributed by atoms with E-state index >= 15 is 0 Å². The second-order valence-corrected chi connectivity index (χ2v) is 14.2. The number of allylic oxidation sites excluding steroid dienone is 12. The first-order valence-corrected chi connectivity index (χ1v) is 17.9. The summed E-state index contributed by atoms with van der Waals surface area (Å²) in [6.07, 6.45) is 34.9. The molecule has 2 heteroatoms. The van der Waals surface area contributed by atoms with Crippen molar-refractivity contribution in [2.75, 3.05) is 4.90 Å². The fourth-order valence-electron chi connectivity index (χ4n) is 8.27. The number of hydrogen-bond acceptors (Lipinski definition) is 2. The Bertz CT molecular complexity index is 1920. The van der Waals surface area contributed by atoms with E-state index in [1.165, 1.54) is 56.2 Å². The molecule has 0 fully saturated rings. The third-order valence-corrected chi connectivity index (χ3v) is 10.8. The fourth-order valence-corrected chi connectivity index (χ4v) is 8.27. The molecule has 3 aromatic carbocycles. The van der Waals surface area contributed by atoms with Crippen molar-refractivity contribution in [3.63, 3.8) is 0 Å². The predicted molar refractivity (Wildman–Crippen MR) is 204 cm³/mol. The minimum absolute atomic E-state index is 0.313. The maximum absolute atomic E-state index is 2.63. The van der Waals surface area contributed by atoms with Crippen molar-refractivity contribution < 1.29 is 0 Å². The zero-order valence-electron chi connectivity index (χ0n) is 28.3. The molecule has 0 bridgehead atoms. The van der Waals surface area contributed by atoms with Crippen LogP contribution in [-0.2, 0) is 6.42 Å². The molecule has 0 aromatic heterocycles. The van der Waals surface area contributed by atoms with Crippen molar-refractivity contribution in [3.05, 3.63) is 179 Å². The standard InChI is InChI=1S/C46H46N2/c1-33-9-7-15-43(29-33)47(45-27-21-35-11-3-5-13-39(35)31-45)41-23-17-37(18-24-41)38-19-25-42(26-20-38)48(44-16-8-10-34(2)30-44)46-28-22-36-12-4-6-14-40(36)32-46/h3-7,9,11-19,21-25,27-30,35,39,45-46H,8,10,20,26,31-32H2,1-2H3. The molecule has 8 rings (SSSR count). The summed E-state index contributed by atoms with van der Waals surface area (Å²) >= 11 is 0. The van der Waals surface area contributed by atoms with Crippen LogP contribution in [0, 0.1) is 18.8 Å². The van der Waals surface area contributed by atoms with Gasteiger partial charge in [-0.3, -0.25) is 0 Å². The van der Waals surface area contributed by atoms with Crippen LogP contribution < -0.4 is 4.90 Å². The smallest absolute Gasteiger partial charge is 0.0562 e. The van der Waals surface area contributed by atoms with E-state index in [9.17, 15) is 0 Å². The number of aryl methyl sites for hydroxylation is 1. The van der Waals surface area contributed by atoms with Gasteiger partial charge in [-0.1, -0.05) is 115 Å². The lowest BCUT2D eigenvalue weighted by atomic mass is 9.79. The van der Waals surface area contributed by atoms with E-state index in [1.807, 2.05) is 0 Å². The van der Waals surface area contributed by atoms with Gasteiger partial charge in [0.05, 0.1) is 12.1 Å². The first kappa shape index (κ1) is 30.5. The Morgan fingerprint density at radius 3 is 2.40 bits per heavy atom. The minimum atomic E-state index is 0.313. The summed E-state index contributed by atoms with van der Waals surface area (Å²) in [5, 5.41) is 0. The Morgan fingerprint density at radius 2 is 1.56 bits per heavy atom. The summed E-state index contributed by atoms with van der Waals surface area (Å²) in [4.78, 5) is 5.18. The van der Waals surface area contributed by atoms with Crippen LogP contribution in [0.2, 0.25) is 0 Å². The van der Waals surface area contributed by atoms with Crippen molar-refractivity contribution >= 4 is 23.0 Å². The average molecular weight is 627 g/mol. The molecule has 0 heterocycles. The molecule has 3 aromatic rings. The van der Waals surface area contributed by atoms with E-state index < -0.39 is 0 Å². The molecule has 4 unspecified atom stereocenters. The maximum Gasteiger partial charge on any atom is 0.0562 e. The molecule has 5 aliphatic carbocycles. The Morgan fingerprint density at radius 1 is 0.688 bits per heavy atom. The Hall–Kier alpha value is -4.82. The molecule has 0 N–H and O–H groups in total. The van der Waals surface area contributed by atoms with Crippen LogP contribution in [0.1, 0.15) is 61.3 Å². The number of rotatable bonds is 7. The number of hydrogen-bond donors (Lipinski definition) is 0. The van der Waals surface area contributed by atoms with Crippen LogP contribution >= 0.6 is 0 Å². The zero-order chi connectivity index (χ0) is 32.5. The van der Waals surface area contributed by atoms with Crippen LogP contribution in [0.4, 0.5) is 11.4 Å². The zero-order valence-corrected chi connectivity index (χ0v) is 28.3. The summed E-state index contributed by atoms with van der Waals surface area (Å²) in [6, 6.07) is 27.8. The molecule has 0 radical (unpaired) electrons. The first-order chi connectivity index (χ1) is 23.6. The molecule has 0 saturated carbocycles. The predicted octanol–water partition coefficient (Wildman–Crippen LogP) is 11.4. The molecular weight excluding hydrogens is 581 g/mol. The topological polar surface area (TPSA) is 6.48 Å². The summed E-state index contributed by atoms with van der Waals surface area (Å²) in [7, 11) is 0. The third-order valence-electron chi connectivity index (χ3n) is 10.8. The summed E-state index contributed by atoms with van der Waals surface area (Å²) in [6.45, 7) is 4.47. The van der Waals surface area contributed by atoms with Crippen molar-refractivity contribution in [2.45, 2.75) is 64.5 Å². The van der Waals surface area contributed by atoms with E-state index in [-0.39, 0.29) is 0 Å². The summed E-state index contributed by atoms with van der Waals surface area (Å²) in [5.41, 5.74) is 13.6. The van der Waals surface area contributed by atoms with Gasteiger partial charge in [-0.15, -0.1) is 0 Å². The second kappa shape index (κ2) is 13.4. The van der Waals surface area contributed by atoms with Gasteiger partial charge in [0.15, 0.2) is 0 Å². The van der Waals surface area contributed by atoms with Gasteiger partial charge in [0.25, 0.3) is 0 Å². The van der Waals surface area contributed by atoms with Gasteiger partial charge in [-0.2, -0.15) is 0 Å². The molecule has 0 spiro atoms. The van der Waals surface area contributed by atoms with E-state index in [0.29, 0.717) is 23.9 Å². The van der Waals surface area contributed by atoms with Gasteiger partial charge in [0.2, 0.25) is 0 Å². The monoisotopic (exact) mass is 626 g/mol. The highest BCUT2D eigenvalue weighted by atomic mass is 15.2. The number of benzene rings is 3. The summed E-state index contributed by atoms with van der Waals surface area (Å²) < 4.78 is 0. The Labute approximate surface area is 287 Å². The molecule has 5 aliphatic rings. The van der Waals surface area contributed by atoms with Crippen molar-refractivity contribution in [3.8, 4) is 0 Å². The Kier molecular flexibility index (Phi) is 8.49. The van der Waals surface area contributed by atoms with Gasteiger partial charge in [-0.25, -0.2) is 0 Å². The van der Waals surface area contributed by atoms with Gasteiger partial charge in [-0.05, 0) is 123 Å². The molecular formula is C46H46N2. The van der Waals surface area contributed by atoms with Crippen molar-refractivity contribution in [2.24, 2.45) is 11.8 Å². The third kappa shape index (κ3) is 6.24. The van der Waals surface area contributed by atoms with Crippen molar-refractivity contribution in [1.29, 1.82) is 0 Å². The quantitative estimate of drug-likeness (QED) is 0.241. The normalized spacial score (nSPS) is 24.1. The van der Waals surface area contributed by atoms with Crippen molar-refractivity contribution in [1.82, 2.24) is 4.90 Å². The number of fused-ring (bicyclic) bond motifs is 2. The molecule has 48 heavy (non-hydrogen) atoms. The van der Waals surface area contributed by atoms with Gasteiger partial charge in [0, 0.05) is 28.7 Å². The first-order valence-electron chi connectivity index (χ1n) is 17.9. The minimum Gasteiger partial charge on any atom is -0.338 e. The van der Waals surface area contributed by atoms with Crippen LogP contribution in [0.3, 0.4) is 0 Å². The molecule has 0 amide bonds. The van der Waals surface area contributed by atoms with Gasteiger partial charge < -0.3 is 9.80 Å². The largest absolute Gasteiger partial charge is 0.338 e. The molecule has 2 nitrogen and oxygen atoms in total. The lowest BCUT2D eigenvalue weighted by molar-refractivity contribution is 0.353. The highest BCUT2D eigenvalue weighted by molar-refractivity contribution is 5.73. The number of nitrogens with zero attached hydrogens (tertiary/aromatic N) is 2. The van der Waals surface area contributed by atoms with E-state index in [4.69, 9.17) is 0 Å². The molecule has 0 aliphatic heterocycles. The van der Waals surface area contributed by atoms with Crippen LogP contribution in [0.5, 0.6) is 0 Å². The van der Waals surface area contributed by atoms with Crippen LogP contribution in [0.15, 0.2) is 157 Å². The summed E-state index contributed by atoms with van der Waals surface area (Å²) in [5.74, 6) is 1.06. The van der Waals surface area contributed by atoms with Gasteiger partial charge in [0.1, 0.15) is 0 Å². The second-order valence-electron chi connectivity index (χ2n) is 14.2. The lowest BCUT2D eigenvalue weighted by Gasteiger charge is -2.39. The highest BCUT2D eigenvalue weighted by Crippen LogP contribution is 2.40. The fraction of sp³-hybridized carbons (Fsp3) is 0.261. The highest BCUT2D eigenvalue weighted by Gasteiger charge is 2.30. The SMILES string of the molecule is CC1=CC(N(C2=CC=C(c3ccc(N(c4cccc(C)c4)C4C=CC5C=CC=CC5C4)cc3)CC2)C2C=Cc3ccccc3C2)=CCC1. The average Bonchev–Trinajstić information content (AvgIpc) is 3.12. The van der Waals surface area contributed by atoms with Crippen LogP contribution in [0.25, 0.3) is 11.6 Å².